The monoisotopic (exact) mass is 527 g/mol. The van der Waals surface area contributed by atoms with Gasteiger partial charge in [-0.3, -0.25) is 23.7 Å². The summed E-state index contributed by atoms with van der Waals surface area (Å²) in [6, 6.07) is 7.73. The number of aliphatic hydroxyl groups excluding tert-OH is 1. The van der Waals surface area contributed by atoms with Crippen LogP contribution in [0.2, 0.25) is 0 Å². The van der Waals surface area contributed by atoms with Crippen LogP contribution in [0.3, 0.4) is 0 Å². The van der Waals surface area contributed by atoms with E-state index in [2.05, 4.69) is 10.1 Å². The molecule has 0 radical (unpaired) electrons. The summed E-state index contributed by atoms with van der Waals surface area (Å²) in [5.74, 6) is -2.24. The highest BCUT2D eigenvalue weighted by atomic mass is 31.2. The molecule has 0 saturated carbocycles. The van der Waals surface area contributed by atoms with E-state index in [1.54, 1.807) is 18.2 Å². The Morgan fingerprint density at radius 2 is 1.94 bits per heavy atom. The Kier molecular flexibility index (Phi) is 8.82. The number of aliphatic carboxylic acids is 1. The maximum absolute atomic E-state index is 13.5. The number of para-hydroxylation sites is 1. The van der Waals surface area contributed by atoms with E-state index in [0.717, 1.165) is 17.6 Å². The lowest BCUT2D eigenvalue weighted by Gasteiger charge is -2.25. The number of aromatic amines is 1. The van der Waals surface area contributed by atoms with Crippen molar-refractivity contribution in [1.82, 2.24) is 14.6 Å². The molecule has 0 aliphatic carbocycles. The molecule has 0 spiro atoms. The van der Waals surface area contributed by atoms with E-state index in [0.29, 0.717) is 0 Å². The van der Waals surface area contributed by atoms with Crippen molar-refractivity contribution < 1.29 is 42.9 Å². The molecule has 2 heterocycles. The standard InChI is InChI=1S/C21H26N3O11P/c1-12(20(29)33-13(2)19(27)28)23-36(31,35-14-6-4-3-5-7-14)32-11-16-15(25)10-18(34-16)24-9-8-17(26)22-21(24)30/h3-9,12-13,15-16,18,25H,10-11H2,1-2H3,(H,23,31)(H,27,28)(H,22,26,30)/t12-,13-,15-,16+,18+,36?/m0/s1. The number of carbonyl (C=O) groups excluding carboxylic acids is 1. The fourth-order valence-electron chi connectivity index (χ4n) is 3.19. The van der Waals surface area contributed by atoms with Crippen LogP contribution in [0.15, 0.2) is 52.2 Å². The number of carboxylic acid groups (broad SMARTS) is 1. The van der Waals surface area contributed by atoms with Crippen LogP contribution in [0.25, 0.3) is 0 Å². The predicted octanol–water partition coefficient (Wildman–Crippen LogP) is 0.383. The van der Waals surface area contributed by atoms with Gasteiger partial charge in [0.25, 0.3) is 5.56 Å². The Hall–Kier alpha value is -3.29. The molecular formula is C21H26N3O11P. The molecule has 2 aromatic rings. The zero-order valence-electron chi connectivity index (χ0n) is 19.3. The molecule has 1 saturated heterocycles. The fraction of sp³-hybridized carbons (Fsp3) is 0.429. The Balaban J connectivity index is 1.71. The lowest BCUT2D eigenvalue weighted by atomic mass is 10.2. The van der Waals surface area contributed by atoms with Gasteiger partial charge in [-0.1, -0.05) is 18.2 Å². The number of rotatable bonds is 11. The third kappa shape index (κ3) is 7.12. The number of hydrogen-bond acceptors (Lipinski definition) is 10. The smallest absolute Gasteiger partial charge is 0.459 e. The normalized spacial score (nSPS) is 22.8. The van der Waals surface area contributed by atoms with Gasteiger partial charge in [0.05, 0.1) is 12.7 Å². The van der Waals surface area contributed by atoms with Crippen LogP contribution in [0.1, 0.15) is 26.5 Å². The molecular weight excluding hydrogens is 501 g/mol. The molecule has 196 valence electrons. The molecule has 3 rings (SSSR count). The number of aromatic nitrogens is 2. The fourth-order valence-corrected chi connectivity index (χ4v) is 4.69. The number of H-pyrrole nitrogens is 1. The molecule has 1 aromatic carbocycles. The van der Waals surface area contributed by atoms with Crippen LogP contribution in [0.4, 0.5) is 0 Å². The average molecular weight is 527 g/mol. The average Bonchev–Trinajstić information content (AvgIpc) is 3.18. The van der Waals surface area contributed by atoms with Gasteiger partial charge in [0.15, 0.2) is 6.10 Å². The number of nitrogens with one attached hydrogen (secondary N) is 2. The number of carboxylic acids is 1. The minimum Gasteiger partial charge on any atom is -0.479 e. The molecule has 1 aliphatic rings. The number of ether oxygens (including phenoxy) is 2. The first-order valence-corrected chi connectivity index (χ1v) is 12.4. The van der Waals surface area contributed by atoms with Crippen LogP contribution in [-0.2, 0) is 28.2 Å². The molecule has 36 heavy (non-hydrogen) atoms. The van der Waals surface area contributed by atoms with Crippen molar-refractivity contribution >= 4 is 19.7 Å². The number of nitrogens with zero attached hydrogens (tertiary/aromatic N) is 1. The Bertz CT molecular complexity index is 1230. The highest BCUT2D eigenvalue weighted by Gasteiger charge is 2.39. The molecule has 6 atom stereocenters. The molecule has 14 nitrogen and oxygen atoms in total. The van der Waals surface area contributed by atoms with E-state index in [1.807, 2.05) is 0 Å². The van der Waals surface area contributed by atoms with E-state index < -0.39 is 68.1 Å². The van der Waals surface area contributed by atoms with Crippen LogP contribution >= 0.6 is 7.75 Å². The summed E-state index contributed by atoms with van der Waals surface area (Å²) in [6.07, 6.45) is -3.33. The topological polar surface area (TPSA) is 195 Å². The highest BCUT2D eigenvalue weighted by molar-refractivity contribution is 7.52. The number of aliphatic hydroxyl groups is 1. The van der Waals surface area contributed by atoms with Gasteiger partial charge in [-0.05, 0) is 26.0 Å². The first-order chi connectivity index (χ1) is 17.0. The van der Waals surface area contributed by atoms with Gasteiger partial charge in [-0.2, -0.15) is 5.09 Å². The van der Waals surface area contributed by atoms with Gasteiger partial charge in [0.1, 0.15) is 24.1 Å². The summed E-state index contributed by atoms with van der Waals surface area (Å²) in [6.45, 7) is 1.97. The predicted molar refractivity (Wildman–Crippen MR) is 122 cm³/mol. The van der Waals surface area contributed by atoms with Crippen molar-refractivity contribution in [2.45, 2.75) is 50.8 Å². The molecule has 4 N–H and O–H groups in total. The van der Waals surface area contributed by atoms with E-state index in [9.17, 15) is 28.8 Å². The zero-order valence-corrected chi connectivity index (χ0v) is 20.2. The van der Waals surface area contributed by atoms with Crippen molar-refractivity contribution in [2.24, 2.45) is 0 Å². The van der Waals surface area contributed by atoms with Gasteiger partial charge in [0, 0.05) is 18.7 Å². The first-order valence-electron chi connectivity index (χ1n) is 10.8. The van der Waals surface area contributed by atoms with E-state index in [1.165, 1.54) is 25.3 Å². The third-order valence-electron chi connectivity index (χ3n) is 5.09. The van der Waals surface area contributed by atoms with Crippen LogP contribution in [-0.4, -0.2) is 62.7 Å². The van der Waals surface area contributed by atoms with Gasteiger partial charge >= 0.3 is 25.4 Å². The second-order valence-electron chi connectivity index (χ2n) is 7.92. The van der Waals surface area contributed by atoms with Crippen molar-refractivity contribution in [3.63, 3.8) is 0 Å². The summed E-state index contributed by atoms with van der Waals surface area (Å²) in [7, 11) is -4.31. The number of benzene rings is 1. The van der Waals surface area contributed by atoms with Gasteiger partial charge in [-0.15, -0.1) is 0 Å². The van der Waals surface area contributed by atoms with Gasteiger partial charge in [-0.25, -0.2) is 14.2 Å². The summed E-state index contributed by atoms with van der Waals surface area (Å²) in [5, 5.41) is 21.7. The first kappa shape index (κ1) is 27.3. The SMILES string of the molecule is C[C@H](NP(=O)(OC[C@H]1O[C@@H](n2ccc(=O)[nH]c2=O)C[C@@H]1O)Oc1ccccc1)C(=O)O[C@@H](C)C(=O)O. The largest absolute Gasteiger partial charge is 0.479 e. The summed E-state index contributed by atoms with van der Waals surface area (Å²) < 4.78 is 36.0. The van der Waals surface area contributed by atoms with Crippen molar-refractivity contribution in [3.8, 4) is 5.75 Å². The quantitative estimate of drug-likeness (QED) is 0.232. The second-order valence-corrected chi connectivity index (χ2v) is 9.61. The Morgan fingerprint density at radius 3 is 2.58 bits per heavy atom. The molecule has 1 fully saturated rings. The van der Waals surface area contributed by atoms with Crippen molar-refractivity contribution in [1.29, 1.82) is 0 Å². The van der Waals surface area contributed by atoms with Gasteiger partial charge < -0.3 is 24.2 Å². The maximum atomic E-state index is 13.5. The minimum absolute atomic E-state index is 0.0208. The zero-order chi connectivity index (χ0) is 26.5. The van der Waals surface area contributed by atoms with E-state index in [4.69, 9.17) is 23.6 Å². The Labute approximate surface area is 204 Å². The summed E-state index contributed by atoms with van der Waals surface area (Å²) in [4.78, 5) is 48.6. The summed E-state index contributed by atoms with van der Waals surface area (Å²) in [5.41, 5.74) is -1.32. The lowest BCUT2D eigenvalue weighted by Crippen LogP contribution is -2.38. The highest BCUT2D eigenvalue weighted by Crippen LogP contribution is 2.45. The van der Waals surface area contributed by atoms with Crippen LogP contribution in [0, 0.1) is 0 Å². The molecule has 1 aliphatic heterocycles. The van der Waals surface area contributed by atoms with Crippen molar-refractivity contribution in [3.05, 3.63) is 63.4 Å². The third-order valence-corrected chi connectivity index (χ3v) is 6.73. The van der Waals surface area contributed by atoms with E-state index >= 15 is 0 Å². The van der Waals surface area contributed by atoms with Crippen molar-refractivity contribution in [2.75, 3.05) is 6.61 Å². The lowest BCUT2D eigenvalue weighted by molar-refractivity contribution is -0.163. The molecule has 0 bridgehead atoms. The molecule has 1 aromatic heterocycles. The summed E-state index contributed by atoms with van der Waals surface area (Å²) >= 11 is 0. The molecule has 15 heteroatoms. The number of carbonyl (C=O) groups is 2. The van der Waals surface area contributed by atoms with E-state index in [-0.39, 0.29) is 12.2 Å². The van der Waals surface area contributed by atoms with Crippen LogP contribution in [0.5, 0.6) is 5.75 Å². The minimum atomic E-state index is -4.31. The molecule has 1 unspecified atom stereocenters. The number of hydrogen-bond donors (Lipinski definition) is 4. The Morgan fingerprint density at radius 1 is 1.25 bits per heavy atom. The number of esters is 1. The second kappa shape index (κ2) is 11.6. The maximum Gasteiger partial charge on any atom is 0.459 e. The van der Waals surface area contributed by atoms with Gasteiger partial charge in [0.2, 0.25) is 0 Å². The van der Waals surface area contributed by atoms with Crippen LogP contribution < -0.4 is 20.9 Å². The molecule has 0 amide bonds.